The molecule has 0 saturated carbocycles. The Hall–Kier alpha value is 0.300. The van der Waals surface area contributed by atoms with Crippen molar-refractivity contribution in [2.45, 2.75) is 4.90 Å². The van der Waals surface area contributed by atoms with E-state index in [1.54, 1.807) is 0 Å². The minimum atomic E-state index is 1.08. The van der Waals surface area contributed by atoms with Gasteiger partial charge in [0.1, 0.15) is 0 Å². The quantitative estimate of drug-likeness (QED) is 0.627. The Morgan fingerprint density at radius 1 is 1.30 bits per heavy atom. The van der Waals surface area contributed by atoms with E-state index in [4.69, 9.17) is 11.8 Å². The molecule has 1 rings (SSSR count). The van der Waals surface area contributed by atoms with E-state index in [9.17, 15) is 0 Å². The standard InChI is InChI=1S/C6H5BrClNS/c7-5-1-3-6(4-2-5)10-9-8/h1-4,9H. The Labute approximate surface area is 77.5 Å². The summed E-state index contributed by atoms with van der Waals surface area (Å²) < 4.78 is 3.55. The molecule has 1 aromatic rings. The van der Waals surface area contributed by atoms with Crippen LogP contribution in [0.25, 0.3) is 0 Å². The normalized spacial score (nSPS) is 9.80. The molecule has 0 aliphatic heterocycles. The Bertz CT molecular complexity index is 201. The van der Waals surface area contributed by atoms with Crippen LogP contribution >= 0.6 is 39.7 Å². The van der Waals surface area contributed by atoms with Crippen molar-refractivity contribution in [3.8, 4) is 0 Å². The summed E-state index contributed by atoms with van der Waals surface area (Å²) in [4.78, 5) is 1.10. The molecule has 1 aromatic carbocycles. The van der Waals surface area contributed by atoms with Crippen LogP contribution in [0.1, 0.15) is 0 Å². The molecule has 0 fully saturated rings. The number of halogens is 2. The minimum Gasteiger partial charge on any atom is -0.172 e. The van der Waals surface area contributed by atoms with E-state index in [1.807, 2.05) is 24.3 Å². The molecule has 10 heavy (non-hydrogen) atoms. The molecule has 0 aliphatic rings. The molecule has 1 nitrogen and oxygen atoms in total. The van der Waals surface area contributed by atoms with Crippen LogP contribution in [0, 0.1) is 0 Å². The second kappa shape index (κ2) is 4.23. The van der Waals surface area contributed by atoms with Gasteiger partial charge in [-0.15, -0.1) is 0 Å². The van der Waals surface area contributed by atoms with Crippen LogP contribution in [0.2, 0.25) is 0 Å². The van der Waals surface area contributed by atoms with E-state index in [0.717, 1.165) is 9.37 Å². The van der Waals surface area contributed by atoms with Gasteiger partial charge in [-0.2, -0.15) is 4.24 Å². The highest BCUT2D eigenvalue weighted by atomic mass is 79.9. The number of nitrogens with one attached hydrogen (secondary N) is 1. The Morgan fingerprint density at radius 2 is 1.90 bits per heavy atom. The van der Waals surface area contributed by atoms with Crippen molar-refractivity contribution in [3.63, 3.8) is 0 Å². The molecule has 0 saturated heterocycles. The van der Waals surface area contributed by atoms with Crippen LogP contribution < -0.4 is 4.24 Å². The molecule has 0 radical (unpaired) electrons. The molecule has 1 N–H and O–H groups in total. The zero-order valence-corrected chi connectivity index (χ0v) is 8.13. The molecular formula is C6H5BrClNS. The molecule has 4 heteroatoms. The van der Waals surface area contributed by atoms with Gasteiger partial charge in [0.25, 0.3) is 0 Å². The monoisotopic (exact) mass is 237 g/mol. The van der Waals surface area contributed by atoms with Crippen LogP contribution in [0.5, 0.6) is 0 Å². The highest BCUT2D eigenvalue weighted by Gasteiger charge is 1.90. The van der Waals surface area contributed by atoms with Gasteiger partial charge in [-0.25, -0.2) is 0 Å². The SMILES string of the molecule is ClNSc1ccc(Br)cc1. The average molecular weight is 239 g/mol. The summed E-state index contributed by atoms with van der Waals surface area (Å²) >= 11 is 9.99. The lowest BCUT2D eigenvalue weighted by molar-refractivity contribution is 1.43. The van der Waals surface area contributed by atoms with Crippen molar-refractivity contribution in [2.75, 3.05) is 0 Å². The molecule has 0 atom stereocenters. The molecule has 54 valence electrons. The fourth-order valence-corrected chi connectivity index (χ4v) is 1.44. The van der Waals surface area contributed by atoms with E-state index in [0.29, 0.717) is 0 Å². The molecular weight excluding hydrogens is 233 g/mol. The largest absolute Gasteiger partial charge is 0.172 e. The number of hydrogen-bond donors (Lipinski definition) is 1. The van der Waals surface area contributed by atoms with E-state index in [1.165, 1.54) is 11.9 Å². The molecule has 0 amide bonds. The summed E-state index contributed by atoms with van der Waals surface area (Å²) in [6.45, 7) is 0. The Morgan fingerprint density at radius 3 is 2.40 bits per heavy atom. The maximum absolute atomic E-state index is 5.28. The van der Waals surface area contributed by atoms with Gasteiger partial charge >= 0.3 is 0 Å². The van der Waals surface area contributed by atoms with Crippen LogP contribution in [0.3, 0.4) is 0 Å². The number of benzene rings is 1. The second-order valence-electron chi connectivity index (χ2n) is 1.63. The maximum Gasteiger partial charge on any atom is 0.0240 e. The van der Waals surface area contributed by atoms with Gasteiger partial charge in [0.2, 0.25) is 0 Å². The van der Waals surface area contributed by atoms with Crippen LogP contribution in [0.15, 0.2) is 33.6 Å². The van der Waals surface area contributed by atoms with Gasteiger partial charge in [-0.3, -0.25) is 0 Å². The zero-order chi connectivity index (χ0) is 7.40. The van der Waals surface area contributed by atoms with Crippen LogP contribution in [0.4, 0.5) is 0 Å². The summed E-state index contributed by atoms with van der Waals surface area (Å²) in [5.74, 6) is 0. The van der Waals surface area contributed by atoms with Gasteiger partial charge in [0, 0.05) is 9.37 Å². The molecule has 0 spiro atoms. The molecule has 0 bridgehead atoms. The molecule has 0 heterocycles. The van der Waals surface area contributed by atoms with Crippen LogP contribution in [-0.4, -0.2) is 0 Å². The molecule has 0 aromatic heterocycles. The first kappa shape index (κ1) is 8.40. The fraction of sp³-hybridized carbons (Fsp3) is 0. The van der Waals surface area contributed by atoms with Crippen molar-refractivity contribution in [2.24, 2.45) is 0 Å². The fourth-order valence-electron chi connectivity index (χ4n) is 0.547. The lowest BCUT2D eigenvalue weighted by Gasteiger charge is -1.95. The molecule has 0 unspecified atom stereocenters. The lowest BCUT2D eigenvalue weighted by Crippen LogP contribution is -1.80. The minimum absolute atomic E-state index is 1.08. The van der Waals surface area contributed by atoms with Crippen molar-refractivity contribution in [1.82, 2.24) is 4.24 Å². The van der Waals surface area contributed by atoms with Gasteiger partial charge in [-0.05, 0) is 48.0 Å². The van der Waals surface area contributed by atoms with Crippen molar-refractivity contribution in [3.05, 3.63) is 28.7 Å². The zero-order valence-electron chi connectivity index (χ0n) is 4.97. The predicted octanol–water partition coefficient (Wildman–Crippen LogP) is 3.20. The highest BCUT2D eigenvalue weighted by Crippen LogP contribution is 2.17. The summed E-state index contributed by atoms with van der Waals surface area (Å²) in [5, 5.41) is 0. The average Bonchev–Trinajstić information content (AvgIpc) is 1.95. The smallest absolute Gasteiger partial charge is 0.0240 e. The second-order valence-corrected chi connectivity index (χ2v) is 3.84. The van der Waals surface area contributed by atoms with Crippen LogP contribution in [-0.2, 0) is 0 Å². The summed E-state index contributed by atoms with van der Waals surface area (Å²) in [6, 6.07) is 7.89. The highest BCUT2D eigenvalue weighted by molar-refractivity contribution is 9.10. The summed E-state index contributed by atoms with van der Waals surface area (Å²) in [6.07, 6.45) is 0. The number of rotatable bonds is 2. The number of hydrogen-bond acceptors (Lipinski definition) is 2. The third-order valence-electron chi connectivity index (χ3n) is 0.970. The first-order valence-electron chi connectivity index (χ1n) is 2.61. The first-order chi connectivity index (χ1) is 4.83. The third-order valence-corrected chi connectivity index (χ3v) is 2.32. The van der Waals surface area contributed by atoms with Gasteiger partial charge < -0.3 is 0 Å². The van der Waals surface area contributed by atoms with E-state index < -0.39 is 0 Å². The van der Waals surface area contributed by atoms with E-state index in [2.05, 4.69) is 20.2 Å². The Balaban J connectivity index is 2.69. The topological polar surface area (TPSA) is 12.0 Å². The van der Waals surface area contributed by atoms with Crippen molar-refractivity contribution < 1.29 is 0 Å². The van der Waals surface area contributed by atoms with Crippen molar-refractivity contribution in [1.29, 1.82) is 0 Å². The van der Waals surface area contributed by atoms with Gasteiger partial charge in [-0.1, -0.05) is 15.9 Å². The lowest BCUT2D eigenvalue weighted by atomic mass is 10.4. The summed E-state index contributed by atoms with van der Waals surface area (Å²) in [7, 11) is 0. The van der Waals surface area contributed by atoms with Crippen molar-refractivity contribution >= 4 is 39.7 Å². The first-order valence-corrected chi connectivity index (χ1v) is 4.60. The van der Waals surface area contributed by atoms with Gasteiger partial charge in [0.15, 0.2) is 0 Å². The predicted molar refractivity (Wildman–Crippen MR) is 49.0 cm³/mol. The summed E-state index contributed by atoms with van der Waals surface area (Å²) in [5.41, 5.74) is 0. The third kappa shape index (κ3) is 2.50. The maximum atomic E-state index is 5.28. The van der Waals surface area contributed by atoms with E-state index in [-0.39, 0.29) is 0 Å². The Kier molecular flexibility index (Phi) is 3.56. The molecule has 0 aliphatic carbocycles. The van der Waals surface area contributed by atoms with Gasteiger partial charge in [0.05, 0.1) is 0 Å². The van der Waals surface area contributed by atoms with E-state index >= 15 is 0 Å².